The van der Waals surface area contributed by atoms with Gasteiger partial charge in [-0.3, -0.25) is 9.78 Å². The number of halogens is 1. The van der Waals surface area contributed by atoms with Crippen LogP contribution in [0.1, 0.15) is 28.8 Å². The van der Waals surface area contributed by atoms with Crippen molar-refractivity contribution in [3.63, 3.8) is 0 Å². The summed E-state index contributed by atoms with van der Waals surface area (Å²) in [5.74, 6) is 0.172. The first kappa shape index (κ1) is 12.3. The van der Waals surface area contributed by atoms with Crippen molar-refractivity contribution in [1.82, 2.24) is 15.2 Å². The zero-order valence-electron chi connectivity index (χ0n) is 9.56. The summed E-state index contributed by atoms with van der Waals surface area (Å²) in [6.45, 7) is 2.73. The molecule has 0 spiro atoms. The minimum Gasteiger partial charge on any atom is -0.330 e. The van der Waals surface area contributed by atoms with Crippen LogP contribution in [0.15, 0.2) is 18.5 Å². The van der Waals surface area contributed by atoms with Crippen LogP contribution in [0.25, 0.3) is 0 Å². The summed E-state index contributed by atoms with van der Waals surface area (Å²) in [4.78, 5) is 18.2. The topological polar surface area (TPSA) is 45.2 Å². The highest BCUT2D eigenvalue weighted by molar-refractivity contribution is 5.98. The third kappa shape index (κ3) is 2.15. The third-order valence-electron chi connectivity index (χ3n) is 3.45. The second-order valence-electron chi connectivity index (χ2n) is 4.47. The van der Waals surface area contributed by atoms with Crippen LogP contribution in [-0.2, 0) is 6.54 Å². The van der Waals surface area contributed by atoms with Gasteiger partial charge in [-0.15, -0.1) is 12.4 Å². The molecule has 3 rings (SSSR count). The Balaban J connectivity index is 0.00000108. The molecule has 1 saturated heterocycles. The average Bonchev–Trinajstić information content (AvgIpc) is 2.69. The van der Waals surface area contributed by atoms with E-state index in [1.807, 2.05) is 17.2 Å². The lowest BCUT2D eigenvalue weighted by molar-refractivity contribution is 0.0674. The van der Waals surface area contributed by atoms with Gasteiger partial charge in [0.05, 0.1) is 0 Å². The fourth-order valence-electron chi connectivity index (χ4n) is 2.57. The summed E-state index contributed by atoms with van der Waals surface area (Å²) in [6, 6.07) is 2.18. The number of nitrogens with zero attached hydrogens (tertiary/aromatic N) is 2. The van der Waals surface area contributed by atoms with Crippen molar-refractivity contribution in [2.45, 2.75) is 25.4 Å². The Morgan fingerprint density at radius 3 is 3.06 bits per heavy atom. The SMILES string of the molecule is Cl.O=C1c2ccncc2CN1[C@H]1CCCNC1. The van der Waals surface area contributed by atoms with E-state index in [4.69, 9.17) is 0 Å². The number of fused-ring (bicyclic) bond motifs is 1. The summed E-state index contributed by atoms with van der Waals surface area (Å²) in [5, 5.41) is 3.35. The Kier molecular flexibility index (Phi) is 3.64. The summed E-state index contributed by atoms with van der Waals surface area (Å²) in [7, 11) is 0. The first-order valence-corrected chi connectivity index (χ1v) is 5.81. The molecule has 4 nitrogen and oxygen atoms in total. The predicted molar refractivity (Wildman–Crippen MR) is 67.3 cm³/mol. The van der Waals surface area contributed by atoms with Crippen LogP contribution >= 0.6 is 12.4 Å². The smallest absolute Gasteiger partial charge is 0.254 e. The van der Waals surface area contributed by atoms with Crippen LogP contribution in [0.2, 0.25) is 0 Å². The molecule has 1 N–H and O–H groups in total. The van der Waals surface area contributed by atoms with Crippen molar-refractivity contribution in [2.75, 3.05) is 13.1 Å². The first-order chi connectivity index (χ1) is 7.86. The number of piperidine rings is 1. The predicted octanol–water partition coefficient (Wildman–Crippen LogP) is 1.21. The summed E-state index contributed by atoms with van der Waals surface area (Å²) < 4.78 is 0. The van der Waals surface area contributed by atoms with E-state index in [9.17, 15) is 4.79 Å². The number of nitrogens with one attached hydrogen (secondary N) is 1. The zero-order valence-corrected chi connectivity index (χ0v) is 10.4. The van der Waals surface area contributed by atoms with Crippen molar-refractivity contribution in [3.05, 3.63) is 29.6 Å². The zero-order chi connectivity index (χ0) is 11.0. The van der Waals surface area contributed by atoms with E-state index in [2.05, 4.69) is 10.3 Å². The van der Waals surface area contributed by atoms with E-state index in [0.29, 0.717) is 6.04 Å². The third-order valence-corrected chi connectivity index (χ3v) is 3.45. The Bertz CT molecular complexity index is 418. The molecule has 92 valence electrons. The highest BCUT2D eigenvalue weighted by Gasteiger charge is 2.32. The molecule has 1 atom stereocenters. The minimum absolute atomic E-state index is 0. The summed E-state index contributed by atoms with van der Waals surface area (Å²) >= 11 is 0. The molecule has 0 radical (unpaired) electrons. The number of carbonyl (C=O) groups excluding carboxylic acids is 1. The van der Waals surface area contributed by atoms with Crippen molar-refractivity contribution in [3.8, 4) is 0 Å². The van der Waals surface area contributed by atoms with Crippen LogP contribution in [0.5, 0.6) is 0 Å². The molecule has 0 aliphatic carbocycles. The van der Waals surface area contributed by atoms with Gasteiger partial charge in [-0.2, -0.15) is 0 Å². The van der Waals surface area contributed by atoms with Gasteiger partial charge in [0, 0.05) is 42.7 Å². The normalized spacial score (nSPS) is 23.2. The van der Waals surface area contributed by atoms with E-state index >= 15 is 0 Å². The number of rotatable bonds is 1. The first-order valence-electron chi connectivity index (χ1n) is 5.81. The highest BCUT2D eigenvalue weighted by Crippen LogP contribution is 2.25. The highest BCUT2D eigenvalue weighted by atomic mass is 35.5. The molecular weight excluding hydrogens is 238 g/mol. The molecule has 1 amide bonds. The van der Waals surface area contributed by atoms with Gasteiger partial charge in [-0.1, -0.05) is 0 Å². The summed E-state index contributed by atoms with van der Waals surface area (Å²) in [6.07, 6.45) is 5.77. The molecule has 1 aromatic heterocycles. The van der Waals surface area contributed by atoms with Crippen molar-refractivity contribution in [1.29, 1.82) is 0 Å². The molecule has 2 aliphatic heterocycles. The van der Waals surface area contributed by atoms with Gasteiger partial charge in [0.1, 0.15) is 0 Å². The molecule has 2 aliphatic rings. The molecule has 3 heterocycles. The minimum atomic E-state index is 0. The maximum Gasteiger partial charge on any atom is 0.254 e. The number of pyridine rings is 1. The standard InChI is InChI=1S/C12H15N3O.ClH/c16-12-11-3-5-14-6-9(11)8-15(12)10-2-1-4-13-7-10;/h3,5-6,10,13H,1-2,4,7-8H2;1H/t10-;/m0./s1. The van der Waals surface area contributed by atoms with Gasteiger partial charge in [-0.25, -0.2) is 0 Å². The maximum atomic E-state index is 12.2. The van der Waals surface area contributed by atoms with E-state index in [-0.39, 0.29) is 18.3 Å². The van der Waals surface area contributed by atoms with Crippen LogP contribution in [0.3, 0.4) is 0 Å². The fraction of sp³-hybridized carbons (Fsp3) is 0.500. The monoisotopic (exact) mass is 253 g/mol. The Morgan fingerprint density at radius 2 is 2.35 bits per heavy atom. The second-order valence-corrected chi connectivity index (χ2v) is 4.47. The molecule has 1 fully saturated rings. The van der Waals surface area contributed by atoms with Crippen LogP contribution in [0, 0.1) is 0 Å². The maximum absolute atomic E-state index is 12.2. The Labute approximate surface area is 107 Å². The summed E-state index contributed by atoms with van der Waals surface area (Å²) in [5.41, 5.74) is 1.90. The largest absolute Gasteiger partial charge is 0.330 e. The van der Waals surface area contributed by atoms with Crippen molar-refractivity contribution < 1.29 is 4.79 Å². The van der Waals surface area contributed by atoms with E-state index < -0.39 is 0 Å². The molecular formula is C12H16ClN3O. The molecule has 0 bridgehead atoms. The molecule has 0 aromatic carbocycles. The van der Waals surface area contributed by atoms with E-state index in [0.717, 1.165) is 43.6 Å². The van der Waals surface area contributed by atoms with Crippen LogP contribution in [-0.4, -0.2) is 34.9 Å². The number of aromatic nitrogens is 1. The number of amides is 1. The average molecular weight is 254 g/mol. The fourth-order valence-corrected chi connectivity index (χ4v) is 2.57. The lowest BCUT2D eigenvalue weighted by Crippen LogP contribution is -2.46. The molecule has 5 heteroatoms. The van der Waals surface area contributed by atoms with Crippen LogP contribution in [0.4, 0.5) is 0 Å². The van der Waals surface area contributed by atoms with Gasteiger partial charge < -0.3 is 10.2 Å². The molecule has 17 heavy (non-hydrogen) atoms. The van der Waals surface area contributed by atoms with Gasteiger partial charge in [-0.05, 0) is 25.5 Å². The Hall–Kier alpha value is -1.13. The van der Waals surface area contributed by atoms with Gasteiger partial charge in [0.25, 0.3) is 5.91 Å². The lowest BCUT2D eigenvalue weighted by atomic mass is 10.1. The van der Waals surface area contributed by atoms with Gasteiger partial charge >= 0.3 is 0 Å². The second kappa shape index (κ2) is 5.02. The lowest BCUT2D eigenvalue weighted by Gasteiger charge is -2.31. The van der Waals surface area contributed by atoms with Crippen molar-refractivity contribution in [2.24, 2.45) is 0 Å². The molecule has 1 aromatic rings. The number of carbonyl (C=O) groups is 1. The Morgan fingerprint density at radius 1 is 1.47 bits per heavy atom. The number of hydrogen-bond donors (Lipinski definition) is 1. The molecule has 0 saturated carbocycles. The van der Waals surface area contributed by atoms with E-state index in [1.54, 1.807) is 6.20 Å². The quantitative estimate of drug-likeness (QED) is 0.818. The van der Waals surface area contributed by atoms with Crippen LogP contribution < -0.4 is 5.32 Å². The van der Waals surface area contributed by atoms with Gasteiger partial charge in [0.15, 0.2) is 0 Å². The number of hydrogen-bond acceptors (Lipinski definition) is 3. The van der Waals surface area contributed by atoms with Crippen molar-refractivity contribution >= 4 is 18.3 Å². The van der Waals surface area contributed by atoms with Gasteiger partial charge in [0.2, 0.25) is 0 Å². The molecule has 0 unspecified atom stereocenters. The van der Waals surface area contributed by atoms with E-state index in [1.165, 1.54) is 0 Å².